The maximum absolute atomic E-state index is 5.79. The number of hydrogen-bond acceptors (Lipinski definition) is 4. The van der Waals surface area contributed by atoms with Crippen LogP contribution < -0.4 is 15.2 Å². The lowest BCUT2D eigenvalue weighted by molar-refractivity contribution is 0.254. The molecule has 0 aliphatic carbocycles. The Kier molecular flexibility index (Phi) is 4.09. The summed E-state index contributed by atoms with van der Waals surface area (Å²) >= 11 is 0. The molecule has 1 aromatic carbocycles. The van der Waals surface area contributed by atoms with Gasteiger partial charge in [-0.2, -0.15) is 0 Å². The lowest BCUT2D eigenvalue weighted by Gasteiger charge is -2.18. The van der Waals surface area contributed by atoms with E-state index in [4.69, 9.17) is 15.2 Å². The average molecular weight is 250 g/mol. The van der Waals surface area contributed by atoms with Crippen LogP contribution in [-0.2, 0) is 13.0 Å². The maximum Gasteiger partial charge on any atom is 0.123 e. The van der Waals surface area contributed by atoms with Crippen LogP contribution in [0.4, 0.5) is 0 Å². The van der Waals surface area contributed by atoms with Crippen LogP contribution in [0.2, 0.25) is 0 Å². The maximum atomic E-state index is 5.79. The van der Waals surface area contributed by atoms with Crippen molar-refractivity contribution in [3.63, 3.8) is 0 Å². The predicted molar refractivity (Wildman–Crippen MR) is 72.2 cm³/mol. The summed E-state index contributed by atoms with van der Waals surface area (Å²) in [5, 5.41) is 0. The van der Waals surface area contributed by atoms with Gasteiger partial charge >= 0.3 is 0 Å². The summed E-state index contributed by atoms with van der Waals surface area (Å²) in [4.78, 5) is 2.18. The Hall–Kier alpha value is -1.26. The van der Waals surface area contributed by atoms with Crippen LogP contribution in [0, 0.1) is 0 Å². The Balaban J connectivity index is 2.22. The third kappa shape index (κ3) is 2.76. The van der Waals surface area contributed by atoms with Gasteiger partial charge in [0, 0.05) is 37.2 Å². The molecule has 0 fully saturated rings. The van der Waals surface area contributed by atoms with E-state index in [0.29, 0.717) is 6.54 Å². The van der Waals surface area contributed by atoms with Gasteiger partial charge in [0.25, 0.3) is 0 Å². The van der Waals surface area contributed by atoms with E-state index < -0.39 is 0 Å². The molecule has 0 saturated heterocycles. The molecule has 1 aliphatic rings. The second-order valence-electron chi connectivity index (χ2n) is 4.93. The minimum atomic E-state index is 0.265. The largest absolute Gasteiger partial charge is 0.496 e. The summed E-state index contributed by atoms with van der Waals surface area (Å²) in [5.74, 6) is 1.94. The van der Waals surface area contributed by atoms with Crippen molar-refractivity contribution in [2.45, 2.75) is 26.0 Å². The van der Waals surface area contributed by atoms with E-state index in [0.717, 1.165) is 36.6 Å². The zero-order valence-electron chi connectivity index (χ0n) is 11.4. The molecule has 0 radical (unpaired) electrons. The van der Waals surface area contributed by atoms with Gasteiger partial charge in [0.05, 0.1) is 7.11 Å². The summed E-state index contributed by atoms with van der Waals surface area (Å²) in [6, 6.07) is 4.20. The van der Waals surface area contributed by atoms with E-state index in [1.807, 2.05) is 0 Å². The summed E-state index contributed by atoms with van der Waals surface area (Å²) in [6.07, 6.45) is 1.23. The fraction of sp³-hybridized carbons (Fsp3) is 0.571. The number of likely N-dealkylation sites (N-methyl/N-ethyl adjacent to an activating group) is 1. The van der Waals surface area contributed by atoms with Crippen LogP contribution in [0.25, 0.3) is 0 Å². The minimum absolute atomic E-state index is 0.265. The van der Waals surface area contributed by atoms with Crippen molar-refractivity contribution in [3.8, 4) is 11.5 Å². The molecule has 2 rings (SSSR count). The molecule has 0 aromatic heterocycles. The molecule has 1 aromatic rings. The van der Waals surface area contributed by atoms with Gasteiger partial charge in [-0.25, -0.2) is 0 Å². The molecule has 18 heavy (non-hydrogen) atoms. The van der Waals surface area contributed by atoms with Gasteiger partial charge in [0.1, 0.15) is 17.6 Å². The van der Waals surface area contributed by atoms with Gasteiger partial charge in [-0.05, 0) is 26.1 Å². The monoisotopic (exact) mass is 250 g/mol. The van der Waals surface area contributed by atoms with Crippen LogP contribution in [0.3, 0.4) is 0 Å². The van der Waals surface area contributed by atoms with E-state index in [-0.39, 0.29) is 6.10 Å². The molecule has 0 bridgehead atoms. The number of rotatable bonds is 5. The van der Waals surface area contributed by atoms with Crippen LogP contribution in [0.5, 0.6) is 11.5 Å². The first-order valence-electron chi connectivity index (χ1n) is 6.39. The highest BCUT2D eigenvalue weighted by molar-refractivity contribution is 5.48. The smallest absolute Gasteiger partial charge is 0.123 e. The van der Waals surface area contributed by atoms with Gasteiger partial charge in [-0.3, -0.25) is 0 Å². The van der Waals surface area contributed by atoms with Gasteiger partial charge < -0.3 is 20.1 Å². The Morgan fingerprint density at radius 1 is 1.50 bits per heavy atom. The van der Waals surface area contributed by atoms with Gasteiger partial charge in [0.2, 0.25) is 0 Å². The highest BCUT2D eigenvalue weighted by Crippen LogP contribution is 2.35. The Morgan fingerprint density at radius 2 is 2.28 bits per heavy atom. The van der Waals surface area contributed by atoms with Crippen molar-refractivity contribution in [2.75, 3.05) is 27.2 Å². The first-order valence-corrected chi connectivity index (χ1v) is 6.39. The van der Waals surface area contributed by atoms with Crippen LogP contribution in [0.15, 0.2) is 12.1 Å². The highest BCUT2D eigenvalue weighted by Gasteiger charge is 2.21. The van der Waals surface area contributed by atoms with Gasteiger partial charge in [-0.15, -0.1) is 0 Å². The van der Waals surface area contributed by atoms with Crippen LogP contribution >= 0.6 is 0 Å². The standard InChI is InChI=1S/C14H22N2O2/c1-10-6-11-7-13(17-3)12(8-14(11)18-10)9-16(2)5-4-15/h7-8,10H,4-6,9,15H2,1-3H3. The highest BCUT2D eigenvalue weighted by atomic mass is 16.5. The summed E-state index contributed by atoms with van der Waals surface area (Å²) in [5.41, 5.74) is 7.96. The molecular formula is C14H22N2O2. The fourth-order valence-electron chi connectivity index (χ4n) is 2.39. The first kappa shape index (κ1) is 13.2. The number of methoxy groups -OCH3 is 1. The van der Waals surface area contributed by atoms with E-state index in [1.54, 1.807) is 7.11 Å². The number of nitrogens with zero attached hydrogens (tertiary/aromatic N) is 1. The van der Waals surface area contributed by atoms with E-state index in [2.05, 4.69) is 31.0 Å². The third-order valence-corrected chi connectivity index (χ3v) is 3.25. The number of nitrogens with two attached hydrogens (primary N) is 1. The Bertz CT molecular complexity index is 421. The number of hydrogen-bond donors (Lipinski definition) is 1. The topological polar surface area (TPSA) is 47.7 Å². The van der Waals surface area contributed by atoms with Crippen molar-refractivity contribution in [1.29, 1.82) is 0 Å². The number of ether oxygens (including phenoxy) is 2. The second kappa shape index (κ2) is 5.59. The summed E-state index contributed by atoms with van der Waals surface area (Å²) in [6.45, 7) is 4.45. The van der Waals surface area contributed by atoms with Crippen LogP contribution in [0.1, 0.15) is 18.1 Å². The first-order chi connectivity index (χ1) is 8.63. The summed E-state index contributed by atoms with van der Waals surface area (Å²) in [7, 11) is 3.77. The SMILES string of the molecule is COc1cc2c(cc1CN(C)CCN)OC(C)C2. The van der Waals surface area contributed by atoms with E-state index in [9.17, 15) is 0 Å². The Morgan fingerprint density at radius 3 is 2.94 bits per heavy atom. The molecule has 4 heteroatoms. The van der Waals surface area contributed by atoms with Gasteiger partial charge in [-0.1, -0.05) is 0 Å². The quantitative estimate of drug-likeness (QED) is 0.858. The van der Waals surface area contributed by atoms with Gasteiger partial charge in [0.15, 0.2) is 0 Å². The molecule has 1 atom stereocenters. The zero-order chi connectivity index (χ0) is 13.1. The molecule has 1 unspecified atom stereocenters. The second-order valence-corrected chi connectivity index (χ2v) is 4.93. The van der Waals surface area contributed by atoms with E-state index >= 15 is 0 Å². The van der Waals surface area contributed by atoms with E-state index in [1.165, 1.54) is 5.56 Å². The molecule has 0 saturated carbocycles. The molecule has 1 aliphatic heterocycles. The Labute approximate surface area is 109 Å². The fourth-order valence-corrected chi connectivity index (χ4v) is 2.39. The molecule has 100 valence electrons. The molecule has 0 spiro atoms. The average Bonchev–Trinajstić information content (AvgIpc) is 2.67. The van der Waals surface area contributed by atoms with Crippen molar-refractivity contribution in [1.82, 2.24) is 4.90 Å². The normalized spacial score (nSPS) is 17.7. The number of benzene rings is 1. The minimum Gasteiger partial charge on any atom is -0.496 e. The summed E-state index contributed by atoms with van der Waals surface area (Å²) < 4.78 is 11.3. The molecular weight excluding hydrogens is 228 g/mol. The van der Waals surface area contributed by atoms with Crippen molar-refractivity contribution >= 4 is 0 Å². The lowest BCUT2D eigenvalue weighted by atomic mass is 10.1. The zero-order valence-corrected chi connectivity index (χ0v) is 11.4. The van der Waals surface area contributed by atoms with Crippen LogP contribution in [-0.4, -0.2) is 38.3 Å². The van der Waals surface area contributed by atoms with Crippen molar-refractivity contribution < 1.29 is 9.47 Å². The van der Waals surface area contributed by atoms with Crippen molar-refractivity contribution in [2.24, 2.45) is 5.73 Å². The molecule has 1 heterocycles. The number of fused-ring (bicyclic) bond motifs is 1. The molecule has 0 amide bonds. The molecule has 4 nitrogen and oxygen atoms in total. The van der Waals surface area contributed by atoms with Crippen molar-refractivity contribution in [3.05, 3.63) is 23.3 Å². The predicted octanol–water partition coefficient (Wildman–Crippen LogP) is 1.41. The molecule has 2 N–H and O–H groups in total. The third-order valence-electron chi connectivity index (χ3n) is 3.25. The lowest BCUT2D eigenvalue weighted by Crippen LogP contribution is -2.25.